The van der Waals surface area contributed by atoms with E-state index in [1.54, 1.807) is 0 Å². The molecular formula is C13H26N2O. The van der Waals surface area contributed by atoms with Crippen molar-refractivity contribution in [3.8, 4) is 0 Å². The minimum atomic E-state index is 0.342. The van der Waals surface area contributed by atoms with Gasteiger partial charge < -0.3 is 10.2 Å². The number of piperazine rings is 1. The van der Waals surface area contributed by atoms with E-state index in [2.05, 4.69) is 37.9 Å². The highest BCUT2D eigenvalue weighted by molar-refractivity contribution is 5.76. The fourth-order valence-electron chi connectivity index (χ4n) is 2.28. The van der Waals surface area contributed by atoms with Crippen molar-refractivity contribution in [3.63, 3.8) is 0 Å². The summed E-state index contributed by atoms with van der Waals surface area (Å²) in [6.45, 7) is 10.5. The van der Waals surface area contributed by atoms with Crippen LogP contribution in [0.2, 0.25) is 0 Å². The van der Waals surface area contributed by atoms with Gasteiger partial charge in [-0.3, -0.25) is 4.79 Å². The molecule has 1 N–H and O–H groups in total. The molecule has 1 saturated heterocycles. The molecule has 1 amide bonds. The Labute approximate surface area is 99.6 Å². The van der Waals surface area contributed by atoms with Crippen LogP contribution in [0.15, 0.2) is 0 Å². The van der Waals surface area contributed by atoms with E-state index in [0.29, 0.717) is 30.3 Å². The lowest BCUT2D eigenvalue weighted by Crippen LogP contribution is -2.59. The Bertz CT molecular complexity index is 228. The Hall–Kier alpha value is -0.570. The van der Waals surface area contributed by atoms with Crippen molar-refractivity contribution in [3.05, 3.63) is 0 Å². The summed E-state index contributed by atoms with van der Waals surface area (Å²) in [5, 5.41) is 3.46. The number of carbonyl (C=O) groups excluding carboxylic acids is 1. The van der Waals surface area contributed by atoms with Gasteiger partial charge in [-0.1, -0.05) is 27.2 Å². The van der Waals surface area contributed by atoms with E-state index in [-0.39, 0.29) is 0 Å². The highest BCUT2D eigenvalue weighted by atomic mass is 16.2. The van der Waals surface area contributed by atoms with E-state index >= 15 is 0 Å². The molecular weight excluding hydrogens is 200 g/mol. The van der Waals surface area contributed by atoms with Crippen molar-refractivity contribution in [2.45, 2.75) is 59.0 Å². The van der Waals surface area contributed by atoms with Gasteiger partial charge in [-0.25, -0.2) is 0 Å². The maximum absolute atomic E-state index is 12.1. The van der Waals surface area contributed by atoms with Gasteiger partial charge in [0.2, 0.25) is 5.91 Å². The highest BCUT2D eigenvalue weighted by Gasteiger charge is 2.30. The number of nitrogens with zero attached hydrogens (tertiary/aromatic N) is 1. The second-order valence-corrected chi connectivity index (χ2v) is 5.27. The summed E-state index contributed by atoms with van der Waals surface area (Å²) in [4.78, 5) is 14.2. The van der Waals surface area contributed by atoms with Crippen molar-refractivity contribution >= 4 is 5.91 Å². The van der Waals surface area contributed by atoms with Gasteiger partial charge in [0, 0.05) is 31.6 Å². The zero-order chi connectivity index (χ0) is 12.1. The lowest BCUT2D eigenvalue weighted by molar-refractivity contribution is -0.136. The molecule has 2 atom stereocenters. The third kappa shape index (κ3) is 3.48. The maximum Gasteiger partial charge on any atom is 0.222 e. The Morgan fingerprint density at radius 1 is 1.50 bits per heavy atom. The van der Waals surface area contributed by atoms with Crippen LogP contribution in [0, 0.1) is 5.92 Å². The van der Waals surface area contributed by atoms with Crippen molar-refractivity contribution in [1.82, 2.24) is 10.2 Å². The second-order valence-electron chi connectivity index (χ2n) is 5.27. The lowest BCUT2D eigenvalue weighted by Gasteiger charge is -2.41. The summed E-state index contributed by atoms with van der Waals surface area (Å²) in [7, 11) is 0. The van der Waals surface area contributed by atoms with Crippen LogP contribution < -0.4 is 5.32 Å². The van der Waals surface area contributed by atoms with Gasteiger partial charge in [0.25, 0.3) is 0 Å². The maximum atomic E-state index is 12.1. The molecule has 0 aromatic heterocycles. The van der Waals surface area contributed by atoms with Crippen LogP contribution in [-0.2, 0) is 4.79 Å². The molecule has 0 radical (unpaired) electrons. The first-order chi connectivity index (χ1) is 7.56. The molecule has 16 heavy (non-hydrogen) atoms. The van der Waals surface area contributed by atoms with Crippen LogP contribution in [0.25, 0.3) is 0 Å². The average Bonchev–Trinajstić information content (AvgIpc) is 2.25. The molecule has 3 nitrogen and oxygen atoms in total. The molecule has 0 spiro atoms. The summed E-state index contributed by atoms with van der Waals surface area (Å²) in [5.41, 5.74) is 0. The molecule has 0 saturated carbocycles. The topological polar surface area (TPSA) is 32.3 Å². The van der Waals surface area contributed by atoms with Gasteiger partial charge in [0.1, 0.15) is 0 Å². The standard InChI is InChI=1S/C13H26N2O/c1-5-6-7-13(16)15-9-11(4)14-8-12(15)10(2)3/h10-12,14H,5-9H2,1-4H3. The Balaban J connectivity index is 2.59. The molecule has 1 rings (SSSR count). The monoisotopic (exact) mass is 226 g/mol. The highest BCUT2D eigenvalue weighted by Crippen LogP contribution is 2.17. The van der Waals surface area contributed by atoms with Gasteiger partial charge in [0.05, 0.1) is 0 Å². The number of hydrogen-bond donors (Lipinski definition) is 1. The zero-order valence-corrected chi connectivity index (χ0v) is 11.1. The smallest absolute Gasteiger partial charge is 0.222 e. The molecule has 1 aliphatic rings. The minimum absolute atomic E-state index is 0.342. The fraction of sp³-hybridized carbons (Fsp3) is 0.923. The molecule has 1 fully saturated rings. The van der Waals surface area contributed by atoms with E-state index in [0.717, 1.165) is 25.9 Å². The summed E-state index contributed by atoms with van der Waals surface area (Å²) >= 11 is 0. The number of unbranched alkanes of at least 4 members (excludes halogenated alkanes) is 1. The van der Waals surface area contributed by atoms with Crippen LogP contribution in [0.4, 0.5) is 0 Å². The molecule has 94 valence electrons. The van der Waals surface area contributed by atoms with E-state index in [9.17, 15) is 4.79 Å². The number of amides is 1. The van der Waals surface area contributed by atoms with Gasteiger partial charge in [-0.2, -0.15) is 0 Å². The van der Waals surface area contributed by atoms with Crippen LogP contribution >= 0.6 is 0 Å². The first-order valence-electron chi connectivity index (χ1n) is 6.59. The van der Waals surface area contributed by atoms with Gasteiger partial charge in [0.15, 0.2) is 0 Å². The summed E-state index contributed by atoms with van der Waals surface area (Å²) < 4.78 is 0. The summed E-state index contributed by atoms with van der Waals surface area (Å²) in [5.74, 6) is 0.875. The Morgan fingerprint density at radius 2 is 2.19 bits per heavy atom. The van der Waals surface area contributed by atoms with Crippen LogP contribution in [-0.4, -0.2) is 36.0 Å². The third-order valence-corrected chi connectivity index (χ3v) is 3.38. The van der Waals surface area contributed by atoms with Crippen LogP contribution in [0.5, 0.6) is 0 Å². The van der Waals surface area contributed by atoms with E-state index in [1.165, 1.54) is 0 Å². The molecule has 0 aromatic carbocycles. The molecule has 3 heteroatoms. The summed E-state index contributed by atoms with van der Waals surface area (Å²) in [6.07, 6.45) is 2.83. The molecule has 0 aliphatic carbocycles. The van der Waals surface area contributed by atoms with Crippen molar-refractivity contribution in [1.29, 1.82) is 0 Å². The quantitative estimate of drug-likeness (QED) is 0.795. The molecule has 2 unspecified atom stereocenters. The fourth-order valence-corrected chi connectivity index (χ4v) is 2.28. The first kappa shape index (κ1) is 13.5. The largest absolute Gasteiger partial charge is 0.337 e. The van der Waals surface area contributed by atoms with Crippen molar-refractivity contribution in [2.75, 3.05) is 13.1 Å². The van der Waals surface area contributed by atoms with Crippen molar-refractivity contribution < 1.29 is 4.79 Å². The summed E-state index contributed by atoms with van der Waals surface area (Å²) in [6, 6.07) is 0.807. The van der Waals surface area contributed by atoms with E-state index < -0.39 is 0 Å². The molecule has 0 bridgehead atoms. The predicted molar refractivity (Wildman–Crippen MR) is 67.3 cm³/mol. The minimum Gasteiger partial charge on any atom is -0.337 e. The number of carbonyl (C=O) groups is 1. The molecule has 1 heterocycles. The number of nitrogens with one attached hydrogen (secondary N) is 1. The van der Waals surface area contributed by atoms with Crippen LogP contribution in [0.3, 0.4) is 0 Å². The molecule has 0 aromatic rings. The van der Waals surface area contributed by atoms with E-state index in [1.807, 2.05) is 0 Å². The third-order valence-electron chi connectivity index (χ3n) is 3.38. The van der Waals surface area contributed by atoms with Crippen molar-refractivity contribution in [2.24, 2.45) is 5.92 Å². The Kier molecular flexibility index (Phi) is 5.26. The molecule has 1 aliphatic heterocycles. The Morgan fingerprint density at radius 3 is 2.75 bits per heavy atom. The normalized spacial score (nSPS) is 26.2. The zero-order valence-electron chi connectivity index (χ0n) is 11.1. The first-order valence-corrected chi connectivity index (χ1v) is 6.59. The van der Waals surface area contributed by atoms with Gasteiger partial charge in [-0.05, 0) is 19.3 Å². The second kappa shape index (κ2) is 6.24. The predicted octanol–water partition coefficient (Wildman–Crippen LogP) is 2.02. The van der Waals surface area contributed by atoms with Gasteiger partial charge >= 0.3 is 0 Å². The average molecular weight is 226 g/mol. The lowest BCUT2D eigenvalue weighted by atomic mass is 9.98. The van der Waals surface area contributed by atoms with Crippen LogP contribution in [0.1, 0.15) is 47.0 Å². The number of rotatable bonds is 4. The van der Waals surface area contributed by atoms with Gasteiger partial charge in [-0.15, -0.1) is 0 Å². The van der Waals surface area contributed by atoms with E-state index in [4.69, 9.17) is 0 Å². The number of hydrogen-bond acceptors (Lipinski definition) is 2. The SMILES string of the molecule is CCCCC(=O)N1CC(C)NCC1C(C)C.